The van der Waals surface area contributed by atoms with E-state index in [1.54, 1.807) is 13.0 Å². The Morgan fingerprint density at radius 2 is 1.68 bits per heavy atom. The van der Waals surface area contributed by atoms with Crippen LogP contribution < -0.4 is 45.7 Å². The zero-order valence-electron chi connectivity index (χ0n) is 17.6. The zero-order chi connectivity index (χ0) is 21.1. The molecule has 1 aromatic heterocycles. The number of aromatic nitrogens is 1. The molecular formula is C24H22N3NaO3. The van der Waals surface area contributed by atoms with Crippen LogP contribution in [-0.2, 0) is 16.1 Å². The van der Waals surface area contributed by atoms with E-state index in [0.717, 1.165) is 38.7 Å². The molecule has 152 valence electrons. The van der Waals surface area contributed by atoms with Crippen LogP contribution in [0.25, 0.3) is 21.8 Å². The molecule has 3 aromatic carbocycles. The minimum atomic E-state index is -1.21. The molecule has 0 bridgehead atoms. The standard InChI is InChI=1S/C24H23N3O3.Na/c1-2-22(24(28)29)30-14-15-11-16(25)13-17(12-15)26-23-18-7-3-5-9-20(18)27-21-10-6-4-8-19(21)23;/h3-13,22H,2,14,25H2,1H3,(H,26,27)(H,28,29);/q;+1/p-1. The van der Waals surface area contributed by atoms with Crippen LogP contribution in [0.2, 0.25) is 0 Å². The van der Waals surface area contributed by atoms with E-state index in [-0.39, 0.29) is 36.2 Å². The van der Waals surface area contributed by atoms with Crippen LogP contribution in [0.3, 0.4) is 0 Å². The molecule has 4 rings (SSSR count). The van der Waals surface area contributed by atoms with Gasteiger partial charge in [-0.25, -0.2) is 4.98 Å². The Balaban J connectivity index is 0.00000272. The Hall–Kier alpha value is -2.64. The second kappa shape index (κ2) is 10.1. The number of hydrogen-bond donors (Lipinski definition) is 2. The third kappa shape index (κ3) is 5.17. The Kier molecular flexibility index (Phi) is 7.51. The van der Waals surface area contributed by atoms with E-state index in [9.17, 15) is 9.90 Å². The van der Waals surface area contributed by atoms with Crippen molar-refractivity contribution in [3.8, 4) is 0 Å². The molecule has 0 saturated carbocycles. The van der Waals surface area contributed by atoms with E-state index in [1.165, 1.54) is 0 Å². The summed E-state index contributed by atoms with van der Waals surface area (Å²) in [5.74, 6) is -1.21. The summed E-state index contributed by atoms with van der Waals surface area (Å²) in [7, 11) is 0. The minimum Gasteiger partial charge on any atom is -0.547 e. The van der Waals surface area contributed by atoms with E-state index < -0.39 is 12.1 Å². The molecule has 0 spiro atoms. The fourth-order valence-electron chi connectivity index (χ4n) is 3.54. The number of fused-ring (bicyclic) bond motifs is 2. The van der Waals surface area contributed by atoms with Crippen LogP contribution in [0.4, 0.5) is 17.1 Å². The van der Waals surface area contributed by atoms with Gasteiger partial charge in [-0.3, -0.25) is 0 Å². The summed E-state index contributed by atoms with van der Waals surface area (Å²) in [6.45, 7) is 1.87. The molecular weight excluding hydrogens is 401 g/mol. The maximum Gasteiger partial charge on any atom is 1.00 e. The number of aliphatic carboxylic acids is 1. The van der Waals surface area contributed by atoms with Crippen LogP contribution in [0.1, 0.15) is 18.9 Å². The predicted octanol–water partition coefficient (Wildman–Crippen LogP) is 0.763. The molecule has 31 heavy (non-hydrogen) atoms. The molecule has 0 aliphatic carbocycles. The van der Waals surface area contributed by atoms with Gasteiger partial charge in [0.15, 0.2) is 0 Å². The summed E-state index contributed by atoms with van der Waals surface area (Å²) in [5, 5.41) is 16.6. The smallest absolute Gasteiger partial charge is 0.547 e. The van der Waals surface area contributed by atoms with Crippen molar-refractivity contribution in [1.82, 2.24) is 4.98 Å². The third-order valence-electron chi connectivity index (χ3n) is 4.96. The van der Waals surface area contributed by atoms with Crippen LogP contribution in [0.5, 0.6) is 0 Å². The minimum absolute atomic E-state index is 0. The van der Waals surface area contributed by atoms with Gasteiger partial charge in [-0.1, -0.05) is 43.3 Å². The number of ether oxygens (including phenoxy) is 1. The number of benzene rings is 3. The van der Waals surface area contributed by atoms with E-state index in [0.29, 0.717) is 12.1 Å². The van der Waals surface area contributed by atoms with Gasteiger partial charge in [0.25, 0.3) is 0 Å². The number of carboxylic acid groups (broad SMARTS) is 1. The number of para-hydroxylation sites is 2. The second-order valence-corrected chi connectivity index (χ2v) is 7.14. The van der Waals surface area contributed by atoms with Gasteiger partial charge in [-0.2, -0.15) is 0 Å². The molecule has 1 atom stereocenters. The van der Waals surface area contributed by atoms with Crippen molar-refractivity contribution in [2.24, 2.45) is 0 Å². The summed E-state index contributed by atoms with van der Waals surface area (Å²) in [6.07, 6.45) is -0.610. The van der Waals surface area contributed by atoms with Crippen molar-refractivity contribution >= 4 is 44.8 Å². The third-order valence-corrected chi connectivity index (χ3v) is 4.96. The van der Waals surface area contributed by atoms with Gasteiger partial charge in [0.2, 0.25) is 0 Å². The van der Waals surface area contributed by atoms with Crippen molar-refractivity contribution in [1.29, 1.82) is 0 Å². The Labute approximate surface area is 202 Å². The number of hydrogen-bond acceptors (Lipinski definition) is 6. The van der Waals surface area contributed by atoms with E-state index in [1.807, 2.05) is 60.7 Å². The van der Waals surface area contributed by atoms with Gasteiger partial charge < -0.3 is 25.7 Å². The van der Waals surface area contributed by atoms with Crippen molar-refractivity contribution < 1.29 is 44.2 Å². The number of nitrogen functional groups attached to an aromatic ring is 1. The number of nitrogens with zero attached hydrogens (tertiary/aromatic N) is 1. The van der Waals surface area contributed by atoms with Crippen molar-refractivity contribution in [3.63, 3.8) is 0 Å². The van der Waals surface area contributed by atoms with Gasteiger partial charge in [0.1, 0.15) is 0 Å². The molecule has 0 saturated heterocycles. The van der Waals surface area contributed by atoms with E-state index in [2.05, 4.69) is 5.32 Å². The molecule has 7 heteroatoms. The Bertz CT molecular complexity index is 1180. The summed E-state index contributed by atoms with van der Waals surface area (Å²) < 4.78 is 5.48. The number of carbonyl (C=O) groups excluding carboxylic acids is 1. The first-order valence-corrected chi connectivity index (χ1v) is 9.81. The zero-order valence-corrected chi connectivity index (χ0v) is 19.6. The fraction of sp³-hybridized carbons (Fsp3) is 0.167. The molecule has 1 unspecified atom stereocenters. The quantitative estimate of drug-likeness (QED) is 0.259. The van der Waals surface area contributed by atoms with E-state index in [4.69, 9.17) is 15.5 Å². The van der Waals surface area contributed by atoms with Gasteiger partial charge >= 0.3 is 29.6 Å². The Morgan fingerprint density at radius 3 is 2.26 bits per heavy atom. The van der Waals surface area contributed by atoms with Gasteiger partial charge in [0.05, 0.1) is 35.4 Å². The number of rotatable bonds is 7. The average Bonchev–Trinajstić information content (AvgIpc) is 2.73. The van der Waals surface area contributed by atoms with Gasteiger partial charge in [0, 0.05) is 22.1 Å². The predicted molar refractivity (Wildman–Crippen MR) is 117 cm³/mol. The molecule has 0 fully saturated rings. The number of pyridine rings is 1. The second-order valence-electron chi connectivity index (χ2n) is 7.14. The molecule has 0 amide bonds. The first kappa shape index (κ1) is 23.0. The van der Waals surface area contributed by atoms with Gasteiger partial charge in [-0.15, -0.1) is 0 Å². The summed E-state index contributed by atoms with van der Waals surface area (Å²) in [5.41, 5.74) is 11.0. The molecule has 4 aromatic rings. The number of anilines is 3. The topological polar surface area (TPSA) is 100 Å². The van der Waals surface area contributed by atoms with Crippen molar-refractivity contribution in [2.75, 3.05) is 11.1 Å². The molecule has 0 radical (unpaired) electrons. The first-order valence-electron chi connectivity index (χ1n) is 9.81. The normalized spacial score (nSPS) is 11.8. The van der Waals surface area contributed by atoms with Crippen molar-refractivity contribution in [3.05, 3.63) is 72.3 Å². The Morgan fingerprint density at radius 1 is 1.06 bits per heavy atom. The average molecular weight is 423 g/mol. The molecule has 6 nitrogen and oxygen atoms in total. The molecule has 1 heterocycles. The molecule has 0 aliphatic rings. The number of carboxylic acids is 1. The summed E-state index contributed by atoms with van der Waals surface area (Å²) in [4.78, 5) is 15.8. The van der Waals surface area contributed by atoms with Crippen molar-refractivity contribution in [2.45, 2.75) is 26.1 Å². The summed E-state index contributed by atoms with van der Waals surface area (Å²) in [6, 6.07) is 21.4. The van der Waals surface area contributed by atoms with Crippen LogP contribution in [-0.4, -0.2) is 17.1 Å². The van der Waals surface area contributed by atoms with Gasteiger partial charge in [-0.05, 0) is 42.3 Å². The largest absolute Gasteiger partial charge is 1.00 e. The molecule has 0 aliphatic heterocycles. The summed E-state index contributed by atoms with van der Waals surface area (Å²) >= 11 is 0. The van der Waals surface area contributed by atoms with Crippen LogP contribution >= 0.6 is 0 Å². The SMILES string of the molecule is CCC(OCc1cc(N)cc(Nc2c3ccccc3nc3ccccc23)c1)C(=O)[O-].[Na+]. The van der Waals surface area contributed by atoms with E-state index >= 15 is 0 Å². The molecule has 3 N–H and O–H groups in total. The number of nitrogens with two attached hydrogens (primary N) is 1. The monoisotopic (exact) mass is 423 g/mol. The first-order chi connectivity index (χ1) is 14.5. The van der Waals surface area contributed by atoms with Crippen LogP contribution in [0, 0.1) is 0 Å². The van der Waals surface area contributed by atoms with Crippen LogP contribution in [0.15, 0.2) is 66.7 Å². The maximum atomic E-state index is 11.1. The maximum absolute atomic E-state index is 11.1. The fourth-order valence-corrected chi connectivity index (χ4v) is 3.54. The number of nitrogens with one attached hydrogen (secondary N) is 1. The number of carbonyl (C=O) groups is 1.